The minimum absolute atomic E-state index is 0.0189. The molecule has 3 heterocycles. The van der Waals surface area contributed by atoms with Gasteiger partial charge in [-0.2, -0.15) is 5.10 Å². The summed E-state index contributed by atoms with van der Waals surface area (Å²) in [5, 5.41) is 14.3. The Morgan fingerprint density at radius 1 is 1.11 bits per heavy atom. The fourth-order valence-corrected chi connectivity index (χ4v) is 6.21. The van der Waals surface area contributed by atoms with Crippen LogP contribution in [0.15, 0.2) is 18.2 Å². The number of piperazine rings is 1. The fourth-order valence-electron chi connectivity index (χ4n) is 6.21. The van der Waals surface area contributed by atoms with Gasteiger partial charge in [-0.1, -0.05) is 12.1 Å². The molecule has 4 aliphatic rings. The number of nitrogens with zero attached hydrogens (tertiary/aromatic N) is 5. The van der Waals surface area contributed by atoms with Gasteiger partial charge in [0.05, 0.1) is 12.6 Å². The Kier molecular flexibility index (Phi) is 5.78. The van der Waals surface area contributed by atoms with Crippen LogP contribution in [0.3, 0.4) is 0 Å². The summed E-state index contributed by atoms with van der Waals surface area (Å²) in [4.78, 5) is 32.3. The highest BCUT2D eigenvalue weighted by atomic mass is 19.1. The second-order valence-corrected chi connectivity index (χ2v) is 10.9. The zero-order valence-corrected chi connectivity index (χ0v) is 21.0. The van der Waals surface area contributed by atoms with Crippen molar-refractivity contribution in [2.24, 2.45) is 5.92 Å². The SMILES string of the molecule is Cc1cccc(N2CCN(C(=O)Cn3nc(C(=O)N4CC[C@H](O)[C@H](F)C4)c4c3C[C@@H]3C[C@H]43)CC2)c1C. The largest absolute Gasteiger partial charge is 0.390 e. The maximum absolute atomic E-state index is 14.1. The van der Waals surface area contributed by atoms with E-state index in [1.165, 1.54) is 21.7 Å². The molecule has 2 aliphatic carbocycles. The first kappa shape index (κ1) is 23.5. The maximum Gasteiger partial charge on any atom is 0.274 e. The van der Waals surface area contributed by atoms with E-state index in [9.17, 15) is 19.1 Å². The normalized spacial score (nSPS) is 27.2. The van der Waals surface area contributed by atoms with Gasteiger partial charge in [0, 0.05) is 49.7 Å². The summed E-state index contributed by atoms with van der Waals surface area (Å²) in [5.74, 6) is 0.608. The predicted octanol–water partition coefficient (Wildman–Crippen LogP) is 2.05. The van der Waals surface area contributed by atoms with Gasteiger partial charge in [0.2, 0.25) is 5.91 Å². The van der Waals surface area contributed by atoms with E-state index in [0.717, 1.165) is 37.2 Å². The molecule has 4 atom stereocenters. The predicted molar refractivity (Wildman–Crippen MR) is 133 cm³/mol. The van der Waals surface area contributed by atoms with Gasteiger partial charge in [-0.25, -0.2) is 4.39 Å². The molecule has 0 spiro atoms. The third kappa shape index (κ3) is 3.97. The van der Waals surface area contributed by atoms with Crippen molar-refractivity contribution in [1.82, 2.24) is 19.6 Å². The summed E-state index contributed by atoms with van der Waals surface area (Å²) < 4.78 is 15.8. The number of piperidine rings is 1. The van der Waals surface area contributed by atoms with E-state index in [0.29, 0.717) is 37.2 Å². The molecular weight excluding hydrogens is 461 g/mol. The highest BCUT2D eigenvalue weighted by Gasteiger charge is 2.51. The Hall–Kier alpha value is -2.94. The van der Waals surface area contributed by atoms with Crippen molar-refractivity contribution in [2.75, 3.05) is 44.2 Å². The summed E-state index contributed by atoms with van der Waals surface area (Å²) in [7, 11) is 0. The maximum atomic E-state index is 14.1. The Balaban J connectivity index is 1.15. The Morgan fingerprint density at radius 2 is 1.89 bits per heavy atom. The number of hydrogen-bond donors (Lipinski definition) is 1. The van der Waals surface area contributed by atoms with Crippen LogP contribution in [0.2, 0.25) is 0 Å². The van der Waals surface area contributed by atoms with Gasteiger partial charge in [0.15, 0.2) is 5.69 Å². The number of alkyl halides is 1. The van der Waals surface area contributed by atoms with Crippen LogP contribution in [0.25, 0.3) is 0 Å². The van der Waals surface area contributed by atoms with Crippen molar-refractivity contribution in [2.45, 2.75) is 57.8 Å². The minimum Gasteiger partial charge on any atom is -0.390 e. The van der Waals surface area contributed by atoms with E-state index in [4.69, 9.17) is 0 Å². The molecule has 0 bridgehead atoms. The number of anilines is 1. The third-order valence-electron chi connectivity index (χ3n) is 8.68. The van der Waals surface area contributed by atoms with Gasteiger partial charge in [-0.3, -0.25) is 14.3 Å². The molecule has 9 heteroatoms. The number of rotatable bonds is 4. The molecule has 2 amide bonds. The number of fused-ring (bicyclic) bond motifs is 3. The number of benzene rings is 1. The van der Waals surface area contributed by atoms with Crippen LogP contribution in [0.5, 0.6) is 0 Å². The molecule has 1 N–H and O–H groups in total. The topological polar surface area (TPSA) is 81.9 Å². The van der Waals surface area contributed by atoms with Crippen molar-refractivity contribution in [3.63, 3.8) is 0 Å². The van der Waals surface area contributed by atoms with E-state index in [-0.39, 0.29) is 31.3 Å². The number of aliphatic hydroxyl groups is 1. The van der Waals surface area contributed by atoms with Crippen molar-refractivity contribution < 1.29 is 19.1 Å². The number of hydrogen-bond acceptors (Lipinski definition) is 5. The van der Waals surface area contributed by atoms with Crippen molar-refractivity contribution in [3.8, 4) is 0 Å². The average molecular weight is 496 g/mol. The quantitative estimate of drug-likeness (QED) is 0.702. The molecular formula is C27H34FN5O3. The van der Waals surface area contributed by atoms with Crippen molar-refractivity contribution in [1.29, 1.82) is 0 Å². The molecule has 192 valence electrons. The second-order valence-electron chi connectivity index (χ2n) is 10.9. The summed E-state index contributed by atoms with van der Waals surface area (Å²) in [6, 6.07) is 6.34. The van der Waals surface area contributed by atoms with Crippen molar-refractivity contribution >= 4 is 17.5 Å². The molecule has 0 radical (unpaired) electrons. The summed E-state index contributed by atoms with van der Waals surface area (Å²) in [6.07, 6.45) is -0.321. The number of carbonyl (C=O) groups is 2. The first-order chi connectivity index (χ1) is 17.3. The monoisotopic (exact) mass is 495 g/mol. The van der Waals surface area contributed by atoms with Gasteiger partial charge < -0.3 is 19.8 Å². The van der Waals surface area contributed by atoms with Crippen LogP contribution in [0.1, 0.15) is 51.6 Å². The first-order valence-electron chi connectivity index (χ1n) is 13.1. The van der Waals surface area contributed by atoms with Crippen LogP contribution < -0.4 is 4.90 Å². The Labute approximate surface area is 210 Å². The summed E-state index contributed by atoms with van der Waals surface area (Å²) >= 11 is 0. The number of aromatic nitrogens is 2. The van der Waals surface area contributed by atoms with Crippen LogP contribution in [0.4, 0.5) is 10.1 Å². The van der Waals surface area contributed by atoms with Crippen molar-refractivity contribution in [3.05, 3.63) is 46.3 Å². The molecule has 1 saturated carbocycles. The number of amides is 2. The van der Waals surface area contributed by atoms with Crippen LogP contribution in [-0.4, -0.2) is 88.0 Å². The van der Waals surface area contributed by atoms with Crippen LogP contribution in [-0.2, 0) is 17.8 Å². The third-order valence-corrected chi connectivity index (χ3v) is 8.68. The summed E-state index contributed by atoms with van der Waals surface area (Å²) in [6.45, 7) is 7.47. The molecule has 1 aromatic carbocycles. The lowest BCUT2D eigenvalue weighted by Crippen LogP contribution is -2.50. The van der Waals surface area contributed by atoms with Gasteiger partial charge in [0.1, 0.15) is 12.7 Å². The molecule has 36 heavy (non-hydrogen) atoms. The number of halogens is 1. The fraction of sp³-hybridized carbons (Fsp3) is 0.593. The Bertz CT molecular complexity index is 1200. The number of aryl methyl sites for hydroxylation is 1. The smallest absolute Gasteiger partial charge is 0.274 e. The molecule has 6 rings (SSSR count). The highest BCUT2D eigenvalue weighted by molar-refractivity contribution is 5.95. The Morgan fingerprint density at radius 3 is 2.64 bits per heavy atom. The van der Waals surface area contributed by atoms with E-state index in [1.54, 1.807) is 4.68 Å². The zero-order valence-electron chi connectivity index (χ0n) is 21.0. The molecule has 1 aromatic heterocycles. The average Bonchev–Trinajstić information content (AvgIpc) is 3.40. The molecule has 3 fully saturated rings. The molecule has 2 aromatic rings. The number of likely N-dealkylation sites (tertiary alicyclic amines) is 1. The van der Waals surface area contributed by atoms with Gasteiger partial charge in [-0.05, 0) is 62.1 Å². The molecule has 2 aliphatic heterocycles. The molecule has 8 nitrogen and oxygen atoms in total. The van der Waals surface area contributed by atoms with Crippen LogP contribution in [0, 0.1) is 19.8 Å². The lowest BCUT2D eigenvalue weighted by molar-refractivity contribution is -0.132. The van der Waals surface area contributed by atoms with Crippen LogP contribution >= 0.6 is 0 Å². The first-order valence-corrected chi connectivity index (χ1v) is 13.1. The van der Waals surface area contributed by atoms with E-state index in [1.807, 2.05) is 4.90 Å². The van der Waals surface area contributed by atoms with E-state index < -0.39 is 12.3 Å². The van der Waals surface area contributed by atoms with Gasteiger partial charge >= 0.3 is 0 Å². The lowest BCUT2D eigenvalue weighted by atomic mass is 10.0. The molecule has 0 unspecified atom stereocenters. The highest BCUT2D eigenvalue weighted by Crippen LogP contribution is 2.57. The summed E-state index contributed by atoms with van der Waals surface area (Å²) in [5.41, 5.74) is 6.13. The number of aliphatic hydroxyl groups excluding tert-OH is 1. The van der Waals surface area contributed by atoms with Gasteiger partial charge in [-0.15, -0.1) is 0 Å². The standard InChI is InChI=1S/C27H34FN5O3/c1-16-4-3-5-21(17(16)2)30-8-10-31(11-9-30)24(35)15-33-22-13-18-12-19(18)25(22)26(29-33)27(36)32-7-6-23(34)20(28)14-32/h3-5,18-20,23,34H,6-15H2,1-2H3/t18-,19-,20+,23-/m0/s1. The van der Waals surface area contributed by atoms with Gasteiger partial charge in [0.25, 0.3) is 5.91 Å². The minimum atomic E-state index is -1.43. The lowest BCUT2D eigenvalue weighted by Gasteiger charge is -2.37. The van der Waals surface area contributed by atoms with E-state index >= 15 is 0 Å². The second kappa shape index (κ2) is 8.87. The molecule has 2 saturated heterocycles. The number of carbonyl (C=O) groups excluding carboxylic acids is 2. The van der Waals surface area contributed by atoms with E-state index in [2.05, 4.69) is 42.0 Å². The zero-order chi connectivity index (χ0) is 25.1.